The maximum Gasteiger partial charge on any atom is 0.369 e. The fourth-order valence-corrected chi connectivity index (χ4v) is 2.63. The SMILES string of the molecule is COc1ccc2c(c1)OCC/C2=N\OC(=O)c1cc(Cl)ccc1OC. The number of nitrogens with zero attached hydrogens (tertiary/aromatic N) is 1. The highest BCUT2D eigenvalue weighted by Gasteiger charge is 2.20. The van der Waals surface area contributed by atoms with Gasteiger partial charge in [0.1, 0.15) is 22.8 Å². The Bertz CT molecular complexity index is 834. The van der Waals surface area contributed by atoms with Crippen LogP contribution in [-0.2, 0) is 4.84 Å². The second-order valence-electron chi connectivity index (χ2n) is 5.22. The first-order valence-electron chi connectivity index (χ1n) is 7.55. The van der Waals surface area contributed by atoms with Crippen molar-refractivity contribution >= 4 is 23.3 Å². The van der Waals surface area contributed by atoms with Gasteiger partial charge in [0.05, 0.1) is 26.5 Å². The van der Waals surface area contributed by atoms with Gasteiger partial charge in [-0.05, 0) is 30.3 Å². The summed E-state index contributed by atoms with van der Waals surface area (Å²) in [6.45, 7) is 0.442. The fourth-order valence-electron chi connectivity index (χ4n) is 2.46. The highest BCUT2D eigenvalue weighted by atomic mass is 35.5. The van der Waals surface area contributed by atoms with Crippen molar-refractivity contribution < 1.29 is 23.8 Å². The third-order valence-corrected chi connectivity index (χ3v) is 3.95. The Labute approximate surface area is 149 Å². The Morgan fingerprint density at radius 1 is 1.16 bits per heavy atom. The third-order valence-electron chi connectivity index (χ3n) is 3.72. The van der Waals surface area contributed by atoms with Crippen LogP contribution in [0.25, 0.3) is 0 Å². The van der Waals surface area contributed by atoms with Crippen LogP contribution in [-0.4, -0.2) is 32.5 Å². The molecule has 0 aliphatic carbocycles. The van der Waals surface area contributed by atoms with Gasteiger partial charge in [-0.25, -0.2) is 4.79 Å². The summed E-state index contributed by atoms with van der Waals surface area (Å²) in [5.74, 6) is 1.04. The van der Waals surface area contributed by atoms with E-state index < -0.39 is 5.97 Å². The molecule has 0 aromatic heterocycles. The molecule has 0 N–H and O–H groups in total. The third kappa shape index (κ3) is 3.69. The Balaban J connectivity index is 1.84. The van der Waals surface area contributed by atoms with Gasteiger partial charge >= 0.3 is 5.97 Å². The fraction of sp³-hybridized carbons (Fsp3) is 0.222. The van der Waals surface area contributed by atoms with Gasteiger partial charge in [-0.15, -0.1) is 0 Å². The van der Waals surface area contributed by atoms with Crippen LogP contribution < -0.4 is 14.2 Å². The summed E-state index contributed by atoms with van der Waals surface area (Å²) in [6.07, 6.45) is 0.527. The summed E-state index contributed by atoms with van der Waals surface area (Å²) in [5, 5.41) is 4.42. The van der Waals surface area contributed by atoms with E-state index in [1.54, 1.807) is 31.4 Å². The molecule has 0 saturated heterocycles. The normalized spacial score (nSPS) is 14.4. The molecule has 25 heavy (non-hydrogen) atoms. The largest absolute Gasteiger partial charge is 0.497 e. The van der Waals surface area contributed by atoms with Crippen molar-refractivity contribution in [1.29, 1.82) is 0 Å². The van der Waals surface area contributed by atoms with Crippen molar-refractivity contribution in [3.8, 4) is 17.2 Å². The summed E-state index contributed by atoms with van der Waals surface area (Å²) in [6, 6.07) is 10.1. The zero-order valence-electron chi connectivity index (χ0n) is 13.7. The molecule has 1 aliphatic rings. The van der Waals surface area contributed by atoms with E-state index in [1.165, 1.54) is 13.2 Å². The van der Waals surface area contributed by atoms with Crippen molar-refractivity contribution in [1.82, 2.24) is 0 Å². The maximum absolute atomic E-state index is 12.3. The van der Waals surface area contributed by atoms with Gasteiger partial charge in [0.15, 0.2) is 0 Å². The molecule has 0 fully saturated rings. The van der Waals surface area contributed by atoms with Crippen LogP contribution in [0.3, 0.4) is 0 Å². The molecule has 0 unspecified atom stereocenters. The van der Waals surface area contributed by atoms with Crippen LogP contribution in [0.1, 0.15) is 22.3 Å². The molecule has 0 saturated carbocycles. The molecule has 0 atom stereocenters. The van der Waals surface area contributed by atoms with E-state index in [0.717, 1.165) is 5.56 Å². The predicted octanol–water partition coefficient (Wildman–Crippen LogP) is 3.70. The van der Waals surface area contributed by atoms with Gasteiger partial charge in [-0.3, -0.25) is 0 Å². The van der Waals surface area contributed by atoms with Crippen molar-refractivity contribution in [2.75, 3.05) is 20.8 Å². The average molecular weight is 362 g/mol. The van der Waals surface area contributed by atoms with E-state index in [1.807, 2.05) is 6.07 Å². The van der Waals surface area contributed by atoms with Gasteiger partial charge in [-0.2, -0.15) is 0 Å². The average Bonchev–Trinajstić information content (AvgIpc) is 2.65. The van der Waals surface area contributed by atoms with Crippen LogP contribution in [0.4, 0.5) is 0 Å². The number of rotatable bonds is 4. The van der Waals surface area contributed by atoms with E-state index >= 15 is 0 Å². The monoisotopic (exact) mass is 361 g/mol. The standard InChI is InChI=1S/C18H16ClNO5/c1-22-12-4-5-13-15(7-8-24-17(13)10-12)20-25-18(21)14-9-11(19)3-6-16(14)23-2/h3-6,9-10H,7-8H2,1-2H3/b20-15+. The van der Waals surface area contributed by atoms with Crippen LogP contribution >= 0.6 is 11.6 Å². The highest BCUT2D eigenvalue weighted by molar-refractivity contribution is 6.31. The number of carbonyl (C=O) groups excluding carboxylic acids is 1. The van der Waals surface area contributed by atoms with Crippen LogP contribution in [0.15, 0.2) is 41.6 Å². The van der Waals surface area contributed by atoms with E-state index in [2.05, 4.69) is 5.16 Å². The molecule has 7 heteroatoms. The minimum atomic E-state index is -0.645. The lowest BCUT2D eigenvalue weighted by Crippen LogP contribution is -2.17. The second-order valence-corrected chi connectivity index (χ2v) is 5.66. The highest BCUT2D eigenvalue weighted by Crippen LogP contribution is 2.30. The lowest BCUT2D eigenvalue weighted by Gasteiger charge is -2.19. The Hall–Kier alpha value is -2.73. The minimum Gasteiger partial charge on any atom is -0.497 e. The number of oxime groups is 1. The summed E-state index contributed by atoms with van der Waals surface area (Å²) in [7, 11) is 3.05. The second kappa shape index (κ2) is 7.44. The van der Waals surface area contributed by atoms with E-state index in [-0.39, 0.29) is 5.56 Å². The smallest absolute Gasteiger partial charge is 0.369 e. The molecule has 130 valence electrons. The Kier molecular flexibility index (Phi) is 5.09. The van der Waals surface area contributed by atoms with Crippen molar-refractivity contribution in [2.24, 2.45) is 5.16 Å². The van der Waals surface area contributed by atoms with Crippen LogP contribution in [0.5, 0.6) is 17.2 Å². The van der Waals surface area contributed by atoms with Crippen molar-refractivity contribution in [2.45, 2.75) is 6.42 Å². The van der Waals surface area contributed by atoms with Gasteiger partial charge in [-0.1, -0.05) is 16.8 Å². The molecule has 0 bridgehead atoms. The molecule has 0 radical (unpaired) electrons. The lowest BCUT2D eigenvalue weighted by molar-refractivity contribution is 0.0511. The van der Waals surface area contributed by atoms with Gasteiger partial charge in [0.25, 0.3) is 0 Å². The quantitative estimate of drug-likeness (QED) is 0.613. The first kappa shape index (κ1) is 17.1. The molecule has 2 aromatic rings. The number of carbonyl (C=O) groups is 1. The molecule has 0 amide bonds. The van der Waals surface area contributed by atoms with Gasteiger partial charge in [0.2, 0.25) is 0 Å². The number of hydrogen-bond acceptors (Lipinski definition) is 6. The molecular weight excluding hydrogens is 346 g/mol. The number of fused-ring (bicyclic) bond motifs is 1. The number of halogens is 1. The maximum atomic E-state index is 12.3. The number of benzene rings is 2. The van der Waals surface area contributed by atoms with E-state index in [0.29, 0.717) is 41.0 Å². The summed E-state index contributed by atoms with van der Waals surface area (Å²) < 4.78 is 15.9. The van der Waals surface area contributed by atoms with E-state index in [9.17, 15) is 4.79 Å². The molecule has 6 nitrogen and oxygen atoms in total. The predicted molar refractivity (Wildman–Crippen MR) is 93.1 cm³/mol. The molecule has 2 aromatic carbocycles. The van der Waals surface area contributed by atoms with Crippen LogP contribution in [0.2, 0.25) is 5.02 Å². The summed E-state index contributed by atoms with van der Waals surface area (Å²) >= 11 is 5.93. The Morgan fingerprint density at radius 2 is 2.00 bits per heavy atom. The van der Waals surface area contributed by atoms with Crippen LogP contribution in [0, 0.1) is 0 Å². The lowest BCUT2D eigenvalue weighted by atomic mass is 10.0. The van der Waals surface area contributed by atoms with Gasteiger partial charge < -0.3 is 19.0 Å². The van der Waals surface area contributed by atoms with Gasteiger partial charge in [0, 0.05) is 23.1 Å². The molecular formula is C18H16ClNO5. The van der Waals surface area contributed by atoms with E-state index in [4.69, 9.17) is 30.6 Å². The first-order chi connectivity index (χ1) is 12.1. The number of hydrogen-bond donors (Lipinski definition) is 0. The molecule has 1 aliphatic heterocycles. The Morgan fingerprint density at radius 3 is 2.76 bits per heavy atom. The first-order valence-corrected chi connectivity index (χ1v) is 7.93. The van der Waals surface area contributed by atoms with Crippen molar-refractivity contribution in [3.05, 3.63) is 52.5 Å². The summed E-state index contributed by atoms with van der Waals surface area (Å²) in [4.78, 5) is 17.4. The number of ether oxygens (including phenoxy) is 3. The minimum absolute atomic E-state index is 0.210. The molecule has 3 rings (SSSR count). The topological polar surface area (TPSA) is 66.3 Å². The zero-order valence-corrected chi connectivity index (χ0v) is 14.5. The molecule has 0 spiro atoms. The zero-order chi connectivity index (χ0) is 17.8. The van der Waals surface area contributed by atoms with Crippen molar-refractivity contribution in [3.63, 3.8) is 0 Å². The summed E-state index contributed by atoms with van der Waals surface area (Å²) in [5.41, 5.74) is 1.59. The molecule has 1 heterocycles. The number of methoxy groups -OCH3 is 2.